The number of fused-ring (bicyclic) bond motifs is 1. The number of nitrogens with one attached hydrogen (secondary N) is 2. The normalized spacial score (nSPS) is 20.5. The van der Waals surface area contributed by atoms with Crippen molar-refractivity contribution in [2.45, 2.75) is 32.6 Å². The Hall–Kier alpha value is -2.95. The van der Waals surface area contributed by atoms with E-state index < -0.39 is 0 Å². The van der Waals surface area contributed by atoms with Crippen LogP contribution in [-0.4, -0.2) is 61.8 Å². The van der Waals surface area contributed by atoms with Gasteiger partial charge < -0.3 is 14.8 Å². The lowest BCUT2D eigenvalue weighted by molar-refractivity contribution is 0.0607. The summed E-state index contributed by atoms with van der Waals surface area (Å²) in [5.41, 5.74) is 1.14. The van der Waals surface area contributed by atoms with E-state index in [1.54, 1.807) is 16.8 Å². The molecule has 0 saturated carbocycles. The summed E-state index contributed by atoms with van der Waals surface area (Å²) in [4.78, 5) is 43.6. The molecule has 0 aliphatic carbocycles. The van der Waals surface area contributed by atoms with Crippen molar-refractivity contribution in [2.75, 3.05) is 31.1 Å². The van der Waals surface area contributed by atoms with E-state index in [1.165, 1.54) is 0 Å². The standard InChI is InChI=1S/C20H25N7O3S/c1-12-9-16-21-17(28)15(11-27(16)24-12)18(29)26-6-2-3-14(10-26)13-4-7-25(8-5-13)19-22-23-20(30)31-19/h9,11,13-14H,2-8,10H2,1H3,(H,21,28)(H,23,30). The van der Waals surface area contributed by atoms with Crippen molar-refractivity contribution in [3.8, 4) is 0 Å². The van der Waals surface area contributed by atoms with Crippen LogP contribution < -0.4 is 15.3 Å². The Kier molecular flexibility index (Phi) is 5.12. The van der Waals surface area contributed by atoms with E-state index in [1.807, 2.05) is 11.8 Å². The quantitative estimate of drug-likeness (QED) is 0.629. The molecular formula is C20H25N7O3S. The number of nitrogens with zero attached hydrogens (tertiary/aromatic N) is 5. The van der Waals surface area contributed by atoms with Gasteiger partial charge in [-0.15, -0.1) is 5.10 Å². The van der Waals surface area contributed by atoms with Crippen LogP contribution in [0.5, 0.6) is 0 Å². The molecule has 0 bridgehead atoms. The summed E-state index contributed by atoms with van der Waals surface area (Å²) >= 11 is 1.15. The van der Waals surface area contributed by atoms with Crippen molar-refractivity contribution in [2.24, 2.45) is 11.8 Å². The zero-order chi connectivity index (χ0) is 21.5. The first-order chi connectivity index (χ1) is 15.0. The van der Waals surface area contributed by atoms with Crippen molar-refractivity contribution >= 4 is 28.0 Å². The first-order valence-corrected chi connectivity index (χ1v) is 11.5. The SMILES string of the molecule is Cc1cc2[nH]c(=O)c(C(=O)N3CCCC(C4CCN(c5n[nH]c(=O)s5)CC4)C3)cn2n1. The van der Waals surface area contributed by atoms with E-state index in [9.17, 15) is 14.4 Å². The summed E-state index contributed by atoms with van der Waals surface area (Å²) in [6.07, 6.45) is 5.61. The number of carbonyl (C=O) groups excluding carboxylic acids is 1. The van der Waals surface area contributed by atoms with Gasteiger partial charge in [0, 0.05) is 38.4 Å². The van der Waals surface area contributed by atoms with Crippen molar-refractivity contribution in [1.82, 2.24) is 29.7 Å². The summed E-state index contributed by atoms with van der Waals surface area (Å²) in [6.45, 7) is 4.93. The molecular weight excluding hydrogens is 418 g/mol. The molecule has 11 heteroatoms. The lowest BCUT2D eigenvalue weighted by Crippen LogP contribution is -2.46. The largest absolute Gasteiger partial charge is 0.347 e. The van der Waals surface area contributed by atoms with Crippen LogP contribution in [0.15, 0.2) is 21.9 Å². The zero-order valence-electron chi connectivity index (χ0n) is 17.3. The molecule has 1 unspecified atom stereocenters. The number of hydrogen-bond donors (Lipinski definition) is 2. The van der Waals surface area contributed by atoms with Crippen LogP contribution in [0.3, 0.4) is 0 Å². The summed E-state index contributed by atoms with van der Waals surface area (Å²) in [7, 11) is 0. The third kappa shape index (κ3) is 3.89. The van der Waals surface area contributed by atoms with Crippen LogP contribution in [-0.2, 0) is 0 Å². The number of hydrogen-bond acceptors (Lipinski definition) is 7. The van der Waals surface area contributed by atoms with Gasteiger partial charge in [0.1, 0.15) is 11.2 Å². The highest BCUT2D eigenvalue weighted by atomic mass is 32.1. The van der Waals surface area contributed by atoms with E-state index in [-0.39, 0.29) is 21.9 Å². The number of aromatic nitrogens is 5. The molecule has 2 aliphatic heterocycles. The molecule has 2 N–H and O–H groups in total. The molecule has 1 atom stereocenters. The fraction of sp³-hybridized carbons (Fsp3) is 0.550. The molecule has 2 fully saturated rings. The topological polar surface area (TPSA) is 119 Å². The van der Waals surface area contributed by atoms with Gasteiger partial charge >= 0.3 is 4.87 Å². The number of aromatic amines is 2. The Bertz CT molecular complexity index is 1220. The maximum atomic E-state index is 13.2. The minimum Gasteiger partial charge on any atom is -0.347 e. The Morgan fingerprint density at radius 2 is 1.97 bits per heavy atom. The van der Waals surface area contributed by atoms with Crippen LogP contribution in [0.2, 0.25) is 0 Å². The lowest BCUT2D eigenvalue weighted by atomic mass is 9.79. The molecule has 1 amide bonds. The van der Waals surface area contributed by atoms with Gasteiger partial charge in [0.05, 0.1) is 5.69 Å². The minimum absolute atomic E-state index is 0.128. The second-order valence-corrected chi connectivity index (χ2v) is 9.43. The van der Waals surface area contributed by atoms with Crippen LogP contribution >= 0.6 is 11.3 Å². The number of anilines is 1. The smallest absolute Gasteiger partial charge is 0.324 e. The number of aryl methyl sites for hydroxylation is 1. The molecule has 5 rings (SSSR count). The van der Waals surface area contributed by atoms with Gasteiger partial charge in [0.2, 0.25) is 5.13 Å². The Balaban J connectivity index is 1.26. The van der Waals surface area contributed by atoms with Crippen molar-refractivity contribution < 1.29 is 4.79 Å². The minimum atomic E-state index is -0.370. The van der Waals surface area contributed by atoms with Crippen LogP contribution in [0.25, 0.3) is 5.65 Å². The molecule has 0 aromatic carbocycles. The number of likely N-dealkylation sites (tertiary alicyclic amines) is 1. The highest BCUT2D eigenvalue weighted by Gasteiger charge is 2.33. The van der Waals surface area contributed by atoms with Crippen molar-refractivity contribution in [1.29, 1.82) is 0 Å². The predicted molar refractivity (Wildman–Crippen MR) is 117 cm³/mol. The second kappa shape index (κ2) is 7.95. The van der Waals surface area contributed by atoms with Crippen LogP contribution in [0.4, 0.5) is 5.13 Å². The number of rotatable bonds is 3. The van der Waals surface area contributed by atoms with Gasteiger partial charge in [-0.25, -0.2) is 9.61 Å². The summed E-state index contributed by atoms with van der Waals surface area (Å²) < 4.78 is 1.56. The fourth-order valence-electron chi connectivity index (χ4n) is 4.89. The molecule has 3 aromatic rings. The Labute approximate surface area is 181 Å². The van der Waals surface area contributed by atoms with E-state index in [4.69, 9.17) is 0 Å². The average Bonchev–Trinajstić information content (AvgIpc) is 3.37. The lowest BCUT2D eigenvalue weighted by Gasteiger charge is -2.40. The number of carbonyl (C=O) groups is 1. The van der Waals surface area contributed by atoms with Crippen LogP contribution in [0, 0.1) is 18.8 Å². The molecule has 164 valence electrons. The molecule has 31 heavy (non-hydrogen) atoms. The Morgan fingerprint density at radius 1 is 1.16 bits per heavy atom. The van der Waals surface area contributed by atoms with Gasteiger partial charge in [-0.2, -0.15) is 5.10 Å². The van der Waals surface area contributed by atoms with E-state index in [2.05, 4.69) is 25.2 Å². The third-order valence-electron chi connectivity index (χ3n) is 6.47. The van der Waals surface area contributed by atoms with Gasteiger partial charge in [-0.05, 0) is 55.8 Å². The highest BCUT2D eigenvalue weighted by molar-refractivity contribution is 7.12. The summed E-state index contributed by atoms with van der Waals surface area (Å²) in [6, 6.07) is 1.78. The van der Waals surface area contributed by atoms with Gasteiger partial charge in [-0.1, -0.05) is 0 Å². The van der Waals surface area contributed by atoms with Gasteiger partial charge in [0.15, 0.2) is 0 Å². The molecule has 2 saturated heterocycles. The summed E-state index contributed by atoms with van der Waals surface area (Å²) in [5, 5.41) is 11.6. The third-order valence-corrected chi connectivity index (χ3v) is 7.28. The summed E-state index contributed by atoms with van der Waals surface area (Å²) in [5.74, 6) is 0.726. The first kappa shape index (κ1) is 20.0. The van der Waals surface area contributed by atoms with Crippen molar-refractivity contribution in [3.63, 3.8) is 0 Å². The van der Waals surface area contributed by atoms with E-state index in [0.717, 1.165) is 60.9 Å². The van der Waals surface area contributed by atoms with Crippen molar-refractivity contribution in [3.05, 3.63) is 43.5 Å². The monoisotopic (exact) mass is 443 g/mol. The number of H-pyrrole nitrogens is 2. The number of piperidine rings is 2. The molecule has 10 nitrogen and oxygen atoms in total. The van der Waals surface area contributed by atoms with Crippen LogP contribution in [0.1, 0.15) is 41.7 Å². The molecule has 0 radical (unpaired) electrons. The molecule has 3 aromatic heterocycles. The molecule has 2 aliphatic rings. The maximum absolute atomic E-state index is 13.2. The number of amides is 1. The average molecular weight is 444 g/mol. The van der Waals surface area contributed by atoms with E-state index in [0.29, 0.717) is 30.6 Å². The highest BCUT2D eigenvalue weighted by Crippen LogP contribution is 2.33. The molecule has 5 heterocycles. The van der Waals surface area contributed by atoms with Gasteiger partial charge in [0.25, 0.3) is 11.5 Å². The van der Waals surface area contributed by atoms with Gasteiger partial charge in [-0.3, -0.25) is 14.4 Å². The zero-order valence-corrected chi connectivity index (χ0v) is 18.2. The predicted octanol–water partition coefficient (Wildman–Crippen LogP) is 1.24. The Morgan fingerprint density at radius 3 is 2.71 bits per heavy atom. The second-order valence-electron chi connectivity index (χ2n) is 8.49. The van der Waals surface area contributed by atoms with E-state index >= 15 is 0 Å². The first-order valence-electron chi connectivity index (χ1n) is 10.7. The fourth-order valence-corrected chi connectivity index (χ4v) is 5.55. The maximum Gasteiger partial charge on any atom is 0.324 e. The molecule has 0 spiro atoms.